The van der Waals surface area contributed by atoms with Crippen molar-refractivity contribution in [3.63, 3.8) is 0 Å². The summed E-state index contributed by atoms with van der Waals surface area (Å²) in [5, 5.41) is 0.365. The van der Waals surface area contributed by atoms with Gasteiger partial charge >= 0.3 is 0 Å². The van der Waals surface area contributed by atoms with Gasteiger partial charge in [0.15, 0.2) is 0 Å². The highest BCUT2D eigenvalue weighted by molar-refractivity contribution is 9.11. The number of hydrogen-bond donors (Lipinski definition) is 1. The van der Waals surface area contributed by atoms with Gasteiger partial charge in [-0.3, -0.25) is 4.72 Å². The Labute approximate surface area is 130 Å². The van der Waals surface area contributed by atoms with E-state index in [1.807, 2.05) is 0 Å². The van der Waals surface area contributed by atoms with Crippen LogP contribution in [0.25, 0.3) is 0 Å². The van der Waals surface area contributed by atoms with E-state index in [4.69, 9.17) is 11.6 Å². The van der Waals surface area contributed by atoms with Crippen molar-refractivity contribution in [1.82, 2.24) is 4.98 Å². The van der Waals surface area contributed by atoms with Crippen LogP contribution in [0.5, 0.6) is 0 Å². The summed E-state index contributed by atoms with van der Waals surface area (Å²) in [7, 11) is -3.65. The van der Waals surface area contributed by atoms with Crippen LogP contribution in [0.2, 0.25) is 5.02 Å². The molecule has 2 heterocycles. The lowest BCUT2D eigenvalue weighted by molar-refractivity contribution is 0.603. The molecule has 0 amide bonds. The molecule has 0 aromatic carbocycles. The fourth-order valence-corrected chi connectivity index (χ4v) is 4.72. The smallest absolute Gasteiger partial charge is 0.263 e. The zero-order valence-electron chi connectivity index (χ0n) is 8.52. The van der Waals surface area contributed by atoms with Gasteiger partial charge in [-0.05, 0) is 50.1 Å². The first-order valence-corrected chi connectivity index (χ1v) is 8.74. The van der Waals surface area contributed by atoms with Gasteiger partial charge in [-0.25, -0.2) is 13.4 Å². The van der Waals surface area contributed by atoms with Crippen LogP contribution in [-0.2, 0) is 10.0 Å². The van der Waals surface area contributed by atoms with Crippen LogP contribution < -0.4 is 4.72 Å². The number of nitrogens with one attached hydrogen (secondary N) is 1. The molecule has 0 atom stereocenters. The molecule has 9 heteroatoms. The van der Waals surface area contributed by atoms with Gasteiger partial charge in [0, 0.05) is 10.7 Å². The van der Waals surface area contributed by atoms with Gasteiger partial charge in [-0.2, -0.15) is 0 Å². The summed E-state index contributed by atoms with van der Waals surface area (Å²) < 4.78 is 27.9. The van der Waals surface area contributed by atoms with Crippen molar-refractivity contribution < 1.29 is 8.42 Å². The van der Waals surface area contributed by atoms with Crippen molar-refractivity contribution in [2.45, 2.75) is 4.21 Å². The predicted molar refractivity (Wildman–Crippen MR) is 79.8 cm³/mol. The summed E-state index contributed by atoms with van der Waals surface area (Å²) in [6.45, 7) is 0. The number of halogens is 3. The second kappa shape index (κ2) is 5.46. The van der Waals surface area contributed by atoms with E-state index in [1.165, 1.54) is 12.3 Å². The summed E-state index contributed by atoms with van der Waals surface area (Å²) in [5.74, 6) is 0.249. The van der Waals surface area contributed by atoms with Crippen molar-refractivity contribution in [2.75, 3.05) is 4.72 Å². The first kappa shape index (κ1) is 14.3. The lowest BCUT2D eigenvalue weighted by Crippen LogP contribution is -2.12. The summed E-state index contributed by atoms with van der Waals surface area (Å²) >= 11 is 13.2. The molecular weight excluding hydrogens is 428 g/mol. The highest BCUT2D eigenvalue weighted by Crippen LogP contribution is 2.35. The maximum absolute atomic E-state index is 12.0. The van der Waals surface area contributed by atoms with Gasteiger partial charge in [-0.15, -0.1) is 11.3 Å². The van der Waals surface area contributed by atoms with Crippen molar-refractivity contribution in [3.8, 4) is 0 Å². The van der Waals surface area contributed by atoms with Crippen LogP contribution in [-0.4, -0.2) is 13.4 Å². The number of rotatable bonds is 3. The molecular formula is C9H5Br2ClN2O2S2. The van der Waals surface area contributed by atoms with E-state index in [9.17, 15) is 8.42 Å². The highest BCUT2D eigenvalue weighted by atomic mass is 79.9. The summed E-state index contributed by atoms with van der Waals surface area (Å²) in [4.78, 5) is 3.94. The number of aromatic nitrogens is 1. The molecule has 2 rings (SSSR count). The van der Waals surface area contributed by atoms with Crippen LogP contribution >= 0.6 is 54.8 Å². The molecule has 0 unspecified atom stereocenters. The molecule has 0 saturated heterocycles. The SMILES string of the molecule is O=S(=O)(Nc1ccc(Br)cn1)c1cc(Cl)c(Br)s1. The molecule has 0 aliphatic rings. The Morgan fingerprint density at radius 1 is 1.33 bits per heavy atom. The second-order valence-corrected chi connectivity index (χ2v) is 8.76. The van der Waals surface area contributed by atoms with E-state index in [2.05, 4.69) is 41.6 Å². The fourth-order valence-electron chi connectivity index (χ4n) is 1.08. The number of thiophene rings is 1. The van der Waals surface area contributed by atoms with Crippen LogP contribution in [0.3, 0.4) is 0 Å². The molecule has 0 bridgehead atoms. The van der Waals surface area contributed by atoms with Crippen molar-refractivity contribution >= 4 is 70.6 Å². The third-order valence-electron chi connectivity index (χ3n) is 1.85. The van der Waals surface area contributed by atoms with Gasteiger partial charge in [0.25, 0.3) is 10.0 Å². The summed E-state index contributed by atoms with van der Waals surface area (Å²) in [5.41, 5.74) is 0. The molecule has 2 aromatic rings. The van der Waals surface area contributed by atoms with Crippen LogP contribution in [0.15, 0.2) is 36.9 Å². The first-order valence-electron chi connectivity index (χ1n) is 4.48. The van der Waals surface area contributed by atoms with Gasteiger partial charge in [0.1, 0.15) is 10.0 Å². The molecule has 4 nitrogen and oxygen atoms in total. The maximum Gasteiger partial charge on any atom is 0.272 e. The zero-order chi connectivity index (χ0) is 13.3. The summed E-state index contributed by atoms with van der Waals surface area (Å²) in [6, 6.07) is 4.64. The van der Waals surface area contributed by atoms with E-state index < -0.39 is 10.0 Å². The number of anilines is 1. The van der Waals surface area contributed by atoms with Gasteiger partial charge in [0.2, 0.25) is 0 Å². The Hall–Kier alpha value is -0.150. The molecule has 0 aliphatic carbocycles. The second-order valence-electron chi connectivity index (χ2n) is 3.15. The third-order valence-corrected chi connectivity index (χ3v) is 6.63. The quantitative estimate of drug-likeness (QED) is 0.794. The van der Waals surface area contributed by atoms with E-state index in [1.54, 1.807) is 12.1 Å². The minimum Gasteiger partial charge on any atom is -0.263 e. The standard InChI is InChI=1S/C9H5Br2ClN2O2S2/c10-5-1-2-7(13-4-5)14-18(15,16)8-3-6(12)9(11)17-8/h1-4H,(H,13,14). The van der Waals surface area contributed by atoms with Gasteiger partial charge in [0.05, 0.1) is 8.81 Å². The predicted octanol–water partition coefficient (Wildman–Crippen LogP) is 4.12. The number of nitrogens with zero attached hydrogens (tertiary/aromatic N) is 1. The van der Waals surface area contributed by atoms with Gasteiger partial charge < -0.3 is 0 Å². The monoisotopic (exact) mass is 430 g/mol. The number of sulfonamides is 1. The van der Waals surface area contributed by atoms with E-state index in [0.717, 1.165) is 15.8 Å². The van der Waals surface area contributed by atoms with Crippen LogP contribution in [0.1, 0.15) is 0 Å². The fraction of sp³-hybridized carbons (Fsp3) is 0. The Balaban J connectivity index is 2.29. The van der Waals surface area contributed by atoms with E-state index in [-0.39, 0.29) is 10.0 Å². The van der Waals surface area contributed by atoms with Crippen molar-refractivity contribution in [1.29, 1.82) is 0 Å². The average molecular weight is 433 g/mol. The largest absolute Gasteiger partial charge is 0.272 e. The zero-order valence-corrected chi connectivity index (χ0v) is 14.1. The Bertz CT molecular complexity index is 651. The molecule has 96 valence electrons. The minimum atomic E-state index is -3.65. The summed E-state index contributed by atoms with van der Waals surface area (Å²) in [6.07, 6.45) is 1.51. The molecule has 18 heavy (non-hydrogen) atoms. The molecule has 2 aromatic heterocycles. The highest BCUT2D eigenvalue weighted by Gasteiger charge is 2.19. The van der Waals surface area contributed by atoms with E-state index >= 15 is 0 Å². The van der Waals surface area contributed by atoms with Crippen LogP contribution in [0, 0.1) is 0 Å². The van der Waals surface area contributed by atoms with E-state index in [0.29, 0.717) is 8.81 Å². The molecule has 0 spiro atoms. The third kappa shape index (κ3) is 3.24. The van der Waals surface area contributed by atoms with Crippen molar-refractivity contribution in [2.24, 2.45) is 0 Å². The molecule has 0 aliphatic heterocycles. The topological polar surface area (TPSA) is 59.1 Å². The maximum atomic E-state index is 12.0. The Morgan fingerprint density at radius 3 is 2.56 bits per heavy atom. The lowest BCUT2D eigenvalue weighted by Gasteiger charge is -2.04. The minimum absolute atomic E-state index is 0.129. The molecule has 0 radical (unpaired) electrons. The average Bonchev–Trinajstić information content (AvgIpc) is 2.63. The molecule has 0 fully saturated rings. The lowest BCUT2D eigenvalue weighted by atomic mass is 10.5. The normalized spacial score (nSPS) is 11.5. The van der Waals surface area contributed by atoms with Crippen molar-refractivity contribution in [3.05, 3.63) is 37.7 Å². The van der Waals surface area contributed by atoms with Crippen LogP contribution in [0.4, 0.5) is 5.82 Å². The Kier molecular flexibility index (Phi) is 4.32. The molecule has 0 saturated carbocycles. The molecule has 1 N–H and O–H groups in total. The first-order chi connectivity index (χ1) is 8.38. The van der Waals surface area contributed by atoms with Gasteiger partial charge in [-0.1, -0.05) is 11.6 Å². The number of hydrogen-bond acceptors (Lipinski definition) is 4. The number of pyridine rings is 1. The Morgan fingerprint density at radius 2 is 2.06 bits per heavy atom.